The van der Waals surface area contributed by atoms with Crippen LogP contribution in [0.2, 0.25) is 0 Å². The lowest BCUT2D eigenvalue weighted by molar-refractivity contribution is -0.115. The van der Waals surface area contributed by atoms with Gasteiger partial charge in [0.2, 0.25) is 0 Å². The summed E-state index contributed by atoms with van der Waals surface area (Å²) < 4.78 is 5.80. The lowest BCUT2D eigenvalue weighted by Crippen LogP contribution is -2.62. The summed E-state index contributed by atoms with van der Waals surface area (Å²) >= 11 is 0. The smallest absolute Gasteiger partial charge is 0.0872 e. The Balaban J connectivity index is 1.71. The number of nitrogens with zero attached hydrogens (tertiary/aromatic N) is 2. The van der Waals surface area contributed by atoms with Crippen molar-refractivity contribution in [2.24, 2.45) is 5.92 Å². The van der Waals surface area contributed by atoms with Gasteiger partial charge in [0.1, 0.15) is 0 Å². The third-order valence-corrected chi connectivity index (χ3v) is 3.44. The van der Waals surface area contributed by atoms with E-state index in [1.54, 1.807) is 0 Å². The molecule has 1 unspecified atom stereocenters. The van der Waals surface area contributed by atoms with E-state index in [2.05, 4.69) is 23.6 Å². The zero-order chi connectivity index (χ0) is 12.5. The third kappa shape index (κ3) is 3.91. The molecular formula is C13H26N2O2. The number of rotatable bonds is 4. The van der Waals surface area contributed by atoms with Gasteiger partial charge in [0.25, 0.3) is 0 Å². The number of likely N-dealkylation sites (tertiary alicyclic amines) is 1. The minimum atomic E-state index is -0.466. The Morgan fingerprint density at radius 1 is 1.35 bits per heavy atom. The minimum Gasteiger partial charge on any atom is -0.388 e. The topological polar surface area (TPSA) is 35.9 Å². The first kappa shape index (κ1) is 13.3. The maximum Gasteiger partial charge on any atom is 0.0872 e. The van der Waals surface area contributed by atoms with E-state index < -0.39 is 5.60 Å². The van der Waals surface area contributed by atoms with Gasteiger partial charge in [-0.25, -0.2) is 0 Å². The van der Waals surface area contributed by atoms with Crippen LogP contribution in [0.4, 0.5) is 0 Å². The first-order chi connectivity index (χ1) is 7.94. The fourth-order valence-corrected chi connectivity index (χ4v) is 2.91. The van der Waals surface area contributed by atoms with E-state index in [9.17, 15) is 5.11 Å². The fourth-order valence-electron chi connectivity index (χ4n) is 2.91. The highest BCUT2D eigenvalue weighted by atomic mass is 16.5. The van der Waals surface area contributed by atoms with E-state index in [1.165, 1.54) is 0 Å². The van der Waals surface area contributed by atoms with Gasteiger partial charge in [-0.05, 0) is 12.8 Å². The molecule has 0 aromatic rings. The van der Waals surface area contributed by atoms with Crippen molar-refractivity contribution < 1.29 is 9.84 Å². The van der Waals surface area contributed by atoms with Crippen molar-refractivity contribution in [3.05, 3.63) is 0 Å². The second-order valence-corrected chi connectivity index (χ2v) is 6.31. The molecule has 2 aliphatic heterocycles. The van der Waals surface area contributed by atoms with Crippen LogP contribution < -0.4 is 0 Å². The maximum atomic E-state index is 9.69. The van der Waals surface area contributed by atoms with Crippen molar-refractivity contribution >= 4 is 0 Å². The zero-order valence-electron chi connectivity index (χ0n) is 11.4. The van der Waals surface area contributed by atoms with E-state index >= 15 is 0 Å². The van der Waals surface area contributed by atoms with Gasteiger partial charge in [-0.2, -0.15) is 0 Å². The Bertz CT molecular complexity index is 246. The summed E-state index contributed by atoms with van der Waals surface area (Å²) in [4.78, 5) is 4.78. The summed E-state index contributed by atoms with van der Waals surface area (Å²) in [6.45, 7) is 13.1. The monoisotopic (exact) mass is 242 g/mol. The second-order valence-electron chi connectivity index (χ2n) is 6.31. The van der Waals surface area contributed by atoms with Crippen LogP contribution in [0, 0.1) is 5.92 Å². The van der Waals surface area contributed by atoms with Crippen LogP contribution in [0.3, 0.4) is 0 Å². The van der Waals surface area contributed by atoms with Crippen molar-refractivity contribution in [1.29, 1.82) is 0 Å². The Morgan fingerprint density at radius 2 is 2.06 bits per heavy atom. The molecule has 0 bridgehead atoms. The van der Waals surface area contributed by atoms with Gasteiger partial charge in [0.15, 0.2) is 0 Å². The summed E-state index contributed by atoms with van der Waals surface area (Å²) in [7, 11) is 0. The average molecular weight is 242 g/mol. The summed E-state index contributed by atoms with van der Waals surface area (Å²) in [6, 6.07) is 0. The van der Waals surface area contributed by atoms with E-state index in [0.29, 0.717) is 6.10 Å². The Hall–Kier alpha value is -0.160. The average Bonchev–Trinajstić information content (AvgIpc) is 2.14. The molecule has 4 nitrogen and oxygen atoms in total. The molecule has 0 aliphatic carbocycles. The quantitative estimate of drug-likeness (QED) is 0.774. The molecule has 100 valence electrons. The minimum absolute atomic E-state index is 0.318. The number of aliphatic hydroxyl groups is 1. The fraction of sp³-hybridized carbons (Fsp3) is 1.00. The molecular weight excluding hydrogens is 216 g/mol. The first-order valence-corrected chi connectivity index (χ1v) is 6.73. The molecule has 1 N–H and O–H groups in total. The maximum absolute atomic E-state index is 9.69. The van der Waals surface area contributed by atoms with Crippen molar-refractivity contribution in [2.75, 3.05) is 45.9 Å². The van der Waals surface area contributed by atoms with Crippen molar-refractivity contribution in [3.8, 4) is 0 Å². The zero-order valence-corrected chi connectivity index (χ0v) is 11.4. The summed E-state index contributed by atoms with van der Waals surface area (Å²) in [5.74, 6) is 0.721. The highest BCUT2D eigenvalue weighted by Gasteiger charge is 2.38. The van der Waals surface area contributed by atoms with E-state index in [-0.39, 0.29) is 0 Å². The van der Waals surface area contributed by atoms with Crippen LogP contribution in [-0.4, -0.2) is 72.5 Å². The SMILES string of the molecule is CC(C)CN1CCOC(CN2CC(C)(O)C2)C1. The molecule has 2 rings (SSSR count). The number of morpholine rings is 1. The Kier molecular flexibility index (Phi) is 4.08. The van der Waals surface area contributed by atoms with Gasteiger partial charge < -0.3 is 9.84 Å². The predicted molar refractivity (Wildman–Crippen MR) is 68.1 cm³/mol. The van der Waals surface area contributed by atoms with E-state index in [4.69, 9.17) is 4.74 Å². The molecule has 0 spiro atoms. The number of ether oxygens (including phenoxy) is 1. The summed E-state index contributed by atoms with van der Waals surface area (Å²) in [5.41, 5.74) is -0.466. The first-order valence-electron chi connectivity index (χ1n) is 6.73. The molecule has 0 amide bonds. The molecule has 4 heteroatoms. The van der Waals surface area contributed by atoms with Crippen LogP contribution in [0.5, 0.6) is 0 Å². The molecule has 0 aromatic carbocycles. The van der Waals surface area contributed by atoms with Crippen LogP contribution in [0.15, 0.2) is 0 Å². The van der Waals surface area contributed by atoms with Gasteiger partial charge in [0.05, 0.1) is 18.3 Å². The Labute approximate surface area is 105 Å². The summed E-state index contributed by atoms with van der Waals surface area (Å²) in [6.07, 6.45) is 0.318. The molecule has 2 heterocycles. The van der Waals surface area contributed by atoms with Gasteiger partial charge in [-0.15, -0.1) is 0 Å². The van der Waals surface area contributed by atoms with Crippen LogP contribution in [0.25, 0.3) is 0 Å². The van der Waals surface area contributed by atoms with Gasteiger partial charge in [-0.1, -0.05) is 13.8 Å². The van der Waals surface area contributed by atoms with Crippen LogP contribution >= 0.6 is 0 Å². The Morgan fingerprint density at radius 3 is 2.65 bits per heavy atom. The molecule has 0 aromatic heterocycles. The lowest BCUT2D eigenvalue weighted by atomic mass is 9.96. The normalized spacial score (nSPS) is 30.5. The lowest BCUT2D eigenvalue weighted by Gasteiger charge is -2.46. The molecule has 17 heavy (non-hydrogen) atoms. The van der Waals surface area contributed by atoms with Crippen molar-refractivity contribution in [3.63, 3.8) is 0 Å². The molecule has 0 saturated carbocycles. The molecule has 2 aliphatic rings. The molecule has 1 atom stereocenters. The molecule has 0 radical (unpaired) electrons. The standard InChI is InChI=1S/C13H26N2O2/c1-11(2)6-14-4-5-17-12(7-14)8-15-9-13(3,16)10-15/h11-12,16H,4-10H2,1-3H3. The van der Waals surface area contributed by atoms with Crippen LogP contribution in [0.1, 0.15) is 20.8 Å². The highest BCUT2D eigenvalue weighted by Crippen LogP contribution is 2.21. The number of hydrogen-bond donors (Lipinski definition) is 1. The third-order valence-electron chi connectivity index (χ3n) is 3.44. The summed E-state index contributed by atoms with van der Waals surface area (Å²) in [5, 5.41) is 9.69. The predicted octanol–water partition coefficient (Wildman–Crippen LogP) is 0.410. The van der Waals surface area contributed by atoms with E-state index in [1.807, 2.05) is 6.92 Å². The van der Waals surface area contributed by atoms with Crippen molar-refractivity contribution in [2.45, 2.75) is 32.5 Å². The van der Waals surface area contributed by atoms with Gasteiger partial charge in [-0.3, -0.25) is 9.80 Å². The largest absolute Gasteiger partial charge is 0.388 e. The van der Waals surface area contributed by atoms with Gasteiger partial charge in [0, 0.05) is 39.3 Å². The van der Waals surface area contributed by atoms with Crippen LogP contribution in [-0.2, 0) is 4.74 Å². The van der Waals surface area contributed by atoms with E-state index in [0.717, 1.165) is 51.8 Å². The highest BCUT2D eigenvalue weighted by molar-refractivity contribution is 4.93. The molecule has 2 saturated heterocycles. The number of β-amino-alcohol motifs (C(OH)–C–C–N with tert-alkyl or cyclic N) is 1. The molecule has 2 fully saturated rings. The van der Waals surface area contributed by atoms with Gasteiger partial charge >= 0.3 is 0 Å². The number of hydrogen-bond acceptors (Lipinski definition) is 4. The second kappa shape index (κ2) is 5.22. The van der Waals surface area contributed by atoms with Crippen molar-refractivity contribution in [1.82, 2.24) is 9.80 Å².